The van der Waals surface area contributed by atoms with E-state index in [4.69, 9.17) is 21.1 Å². The molecule has 0 aliphatic carbocycles. The smallest absolute Gasteiger partial charge is 0.350 e. The molecule has 2 N–H and O–H groups in total. The molecule has 8 heteroatoms. The molecule has 0 saturated carbocycles. The molecule has 1 aromatic rings. The number of nitrogens with one attached hydrogen (secondary N) is 2. The average molecular weight is 339 g/mol. The fourth-order valence-corrected chi connectivity index (χ4v) is 2.02. The Morgan fingerprint density at radius 1 is 1.22 bits per heavy atom. The minimum atomic E-state index is -1.30. The van der Waals surface area contributed by atoms with Gasteiger partial charge in [0.1, 0.15) is 0 Å². The lowest BCUT2D eigenvalue weighted by Gasteiger charge is -2.29. The van der Waals surface area contributed by atoms with Gasteiger partial charge >= 0.3 is 11.9 Å². The van der Waals surface area contributed by atoms with E-state index in [1.54, 1.807) is 6.07 Å². The van der Waals surface area contributed by atoms with E-state index in [1.807, 2.05) is 0 Å². The minimum absolute atomic E-state index is 0.296. The highest BCUT2D eigenvalue weighted by molar-refractivity contribution is 6.33. The van der Waals surface area contributed by atoms with Gasteiger partial charge in [-0.3, -0.25) is 4.79 Å². The first kappa shape index (κ1) is 16.8. The van der Waals surface area contributed by atoms with E-state index in [9.17, 15) is 14.4 Å². The molecule has 1 amide bonds. The van der Waals surface area contributed by atoms with Gasteiger partial charge in [-0.15, -0.1) is 0 Å². The summed E-state index contributed by atoms with van der Waals surface area (Å²) in [7, 11) is 1.50. The molecule has 0 bridgehead atoms. The molecule has 23 heavy (non-hydrogen) atoms. The predicted molar refractivity (Wildman–Crippen MR) is 82.8 cm³/mol. The van der Waals surface area contributed by atoms with Crippen LogP contribution in [-0.4, -0.2) is 30.7 Å². The Hall–Kier alpha value is -2.54. The summed E-state index contributed by atoms with van der Waals surface area (Å²) in [5.74, 6) is -3.22. The summed E-state index contributed by atoms with van der Waals surface area (Å²) >= 11 is 6.02. The van der Waals surface area contributed by atoms with Gasteiger partial charge in [-0.25, -0.2) is 9.59 Å². The van der Waals surface area contributed by atoms with Gasteiger partial charge < -0.3 is 20.1 Å². The summed E-state index contributed by atoms with van der Waals surface area (Å²) in [4.78, 5) is 35.3. The zero-order chi connectivity index (χ0) is 17.2. The summed E-state index contributed by atoms with van der Waals surface area (Å²) in [5, 5.41) is 5.51. The van der Waals surface area contributed by atoms with Crippen molar-refractivity contribution in [3.63, 3.8) is 0 Å². The Morgan fingerprint density at radius 3 is 2.39 bits per heavy atom. The zero-order valence-corrected chi connectivity index (χ0v) is 13.5. The van der Waals surface area contributed by atoms with Crippen molar-refractivity contribution in [3.8, 4) is 0 Å². The lowest BCUT2D eigenvalue weighted by atomic mass is 10.2. The van der Waals surface area contributed by atoms with Crippen molar-refractivity contribution in [2.45, 2.75) is 19.6 Å². The lowest BCUT2D eigenvalue weighted by Crippen LogP contribution is -2.42. The molecular weight excluding hydrogens is 324 g/mol. The molecule has 1 fully saturated rings. The minimum Gasteiger partial charge on any atom is -0.419 e. The van der Waals surface area contributed by atoms with Gasteiger partial charge in [0.2, 0.25) is 0 Å². The Labute approximate surface area is 137 Å². The van der Waals surface area contributed by atoms with Crippen molar-refractivity contribution in [3.05, 3.63) is 40.6 Å². The van der Waals surface area contributed by atoms with Gasteiger partial charge in [0.25, 0.3) is 11.7 Å². The number of rotatable bonds is 3. The highest BCUT2D eigenvalue weighted by atomic mass is 35.5. The third kappa shape index (κ3) is 3.81. The predicted octanol–water partition coefficient (Wildman–Crippen LogP) is 1.83. The number of amides is 1. The molecular formula is C15H15ClN2O5. The van der Waals surface area contributed by atoms with E-state index in [1.165, 1.54) is 33.0 Å². The van der Waals surface area contributed by atoms with Crippen LogP contribution in [0.2, 0.25) is 5.02 Å². The normalized spacial score (nSPS) is 16.3. The Balaban J connectivity index is 2.24. The zero-order valence-electron chi connectivity index (χ0n) is 12.7. The van der Waals surface area contributed by atoms with E-state index in [2.05, 4.69) is 10.6 Å². The van der Waals surface area contributed by atoms with Crippen LogP contribution in [0.5, 0.6) is 0 Å². The quantitative estimate of drug-likeness (QED) is 0.496. The molecule has 0 aromatic heterocycles. The lowest BCUT2D eigenvalue weighted by molar-refractivity contribution is -0.222. The summed E-state index contributed by atoms with van der Waals surface area (Å²) in [6, 6.07) is 4.56. The topological polar surface area (TPSA) is 93.7 Å². The number of halogens is 1. The van der Waals surface area contributed by atoms with Crippen LogP contribution in [0.1, 0.15) is 24.2 Å². The molecule has 122 valence electrons. The standard InChI is InChI=1S/C15H15ClN2O5/c1-15(2)22-13(20)9(14(21)23-15)7-18-11-6-8(12(19)17-3)4-5-10(11)16/h4-7,18H,1-3H3,(H,17,19). The van der Waals surface area contributed by atoms with Gasteiger partial charge in [0.15, 0.2) is 5.57 Å². The van der Waals surface area contributed by atoms with E-state index >= 15 is 0 Å². The first-order valence-electron chi connectivity index (χ1n) is 6.68. The van der Waals surface area contributed by atoms with Crippen molar-refractivity contribution in [2.75, 3.05) is 12.4 Å². The van der Waals surface area contributed by atoms with Crippen LogP contribution in [0.15, 0.2) is 30.0 Å². The van der Waals surface area contributed by atoms with E-state index in [0.29, 0.717) is 16.3 Å². The molecule has 1 saturated heterocycles. The molecule has 0 unspecified atom stereocenters. The molecule has 0 atom stereocenters. The number of benzene rings is 1. The fourth-order valence-electron chi connectivity index (χ4n) is 1.85. The average Bonchev–Trinajstić information content (AvgIpc) is 2.46. The highest BCUT2D eigenvalue weighted by Crippen LogP contribution is 2.25. The van der Waals surface area contributed by atoms with Gasteiger partial charge in [-0.1, -0.05) is 11.6 Å². The molecule has 1 heterocycles. The summed E-state index contributed by atoms with van der Waals surface area (Å²) < 4.78 is 9.93. The third-order valence-corrected chi connectivity index (χ3v) is 3.27. The SMILES string of the molecule is CNC(=O)c1ccc(Cl)c(NC=C2C(=O)OC(C)(C)OC2=O)c1. The number of hydrogen-bond acceptors (Lipinski definition) is 6. The second kappa shape index (κ2) is 6.29. The highest BCUT2D eigenvalue weighted by Gasteiger charge is 2.38. The second-order valence-corrected chi connectivity index (χ2v) is 5.56. The number of ether oxygens (including phenoxy) is 2. The first-order valence-corrected chi connectivity index (χ1v) is 7.06. The Kier molecular flexibility index (Phi) is 4.60. The number of hydrogen-bond donors (Lipinski definition) is 2. The Morgan fingerprint density at radius 2 is 1.83 bits per heavy atom. The molecule has 1 aromatic carbocycles. The summed E-state index contributed by atoms with van der Waals surface area (Å²) in [5.41, 5.74) is 0.421. The number of carbonyl (C=O) groups is 3. The van der Waals surface area contributed by atoms with Gasteiger partial charge in [0, 0.05) is 32.7 Å². The van der Waals surface area contributed by atoms with Crippen LogP contribution in [0.25, 0.3) is 0 Å². The molecule has 2 rings (SSSR count). The molecule has 0 radical (unpaired) electrons. The maximum Gasteiger partial charge on any atom is 0.350 e. The van der Waals surface area contributed by atoms with Crippen LogP contribution in [-0.2, 0) is 19.1 Å². The molecule has 0 spiro atoms. The van der Waals surface area contributed by atoms with Gasteiger partial charge in [-0.05, 0) is 18.2 Å². The molecule has 7 nitrogen and oxygen atoms in total. The van der Waals surface area contributed by atoms with Crippen LogP contribution >= 0.6 is 11.6 Å². The summed E-state index contributed by atoms with van der Waals surface area (Å²) in [6.07, 6.45) is 1.13. The largest absolute Gasteiger partial charge is 0.419 e. The van der Waals surface area contributed by atoms with Crippen LogP contribution < -0.4 is 10.6 Å². The van der Waals surface area contributed by atoms with E-state index in [-0.39, 0.29) is 11.5 Å². The summed E-state index contributed by atoms with van der Waals surface area (Å²) in [6.45, 7) is 2.91. The van der Waals surface area contributed by atoms with E-state index in [0.717, 1.165) is 6.20 Å². The number of cyclic esters (lactones) is 2. The van der Waals surface area contributed by atoms with Crippen LogP contribution in [0.3, 0.4) is 0 Å². The monoisotopic (exact) mass is 338 g/mol. The first-order chi connectivity index (χ1) is 10.7. The van der Waals surface area contributed by atoms with Crippen LogP contribution in [0, 0.1) is 0 Å². The number of carbonyl (C=O) groups excluding carboxylic acids is 3. The number of esters is 2. The van der Waals surface area contributed by atoms with Crippen molar-refractivity contribution in [2.24, 2.45) is 0 Å². The van der Waals surface area contributed by atoms with Gasteiger partial charge in [0.05, 0.1) is 10.7 Å². The second-order valence-electron chi connectivity index (χ2n) is 5.15. The van der Waals surface area contributed by atoms with Crippen molar-refractivity contribution in [1.82, 2.24) is 5.32 Å². The van der Waals surface area contributed by atoms with Crippen molar-refractivity contribution in [1.29, 1.82) is 0 Å². The molecule has 1 aliphatic heterocycles. The molecule has 1 aliphatic rings. The number of anilines is 1. The fraction of sp³-hybridized carbons (Fsp3) is 0.267. The maximum absolute atomic E-state index is 11.8. The Bertz CT molecular complexity index is 690. The maximum atomic E-state index is 11.8. The van der Waals surface area contributed by atoms with Crippen molar-refractivity contribution >= 4 is 35.1 Å². The van der Waals surface area contributed by atoms with Crippen molar-refractivity contribution < 1.29 is 23.9 Å². The van der Waals surface area contributed by atoms with E-state index < -0.39 is 17.7 Å². The van der Waals surface area contributed by atoms with Crippen LogP contribution in [0.4, 0.5) is 5.69 Å². The van der Waals surface area contributed by atoms with Gasteiger partial charge in [-0.2, -0.15) is 0 Å². The third-order valence-electron chi connectivity index (χ3n) is 2.94.